The van der Waals surface area contributed by atoms with E-state index >= 15 is 0 Å². The molecule has 1 aromatic heterocycles. The predicted octanol–water partition coefficient (Wildman–Crippen LogP) is 5.71. The van der Waals surface area contributed by atoms with E-state index in [1.807, 2.05) is 60.7 Å². The van der Waals surface area contributed by atoms with Crippen LogP contribution in [0.15, 0.2) is 82.5 Å². The number of fused-ring (bicyclic) bond motifs is 1. The van der Waals surface area contributed by atoms with Crippen molar-refractivity contribution in [3.05, 3.63) is 104 Å². The predicted molar refractivity (Wildman–Crippen MR) is 145 cm³/mol. The Balaban J connectivity index is 1.48. The number of anilines is 1. The number of methoxy groups -OCH3 is 1. The number of nitrogens with one attached hydrogen (secondary N) is 1. The van der Waals surface area contributed by atoms with Gasteiger partial charge in [-0.15, -0.1) is 0 Å². The first kappa shape index (κ1) is 25.7. The minimum Gasteiger partial charge on any atom is -0.493 e. The van der Waals surface area contributed by atoms with Crippen molar-refractivity contribution in [1.29, 1.82) is 0 Å². The van der Waals surface area contributed by atoms with E-state index in [-0.39, 0.29) is 13.2 Å². The highest BCUT2D eigenvalue weighted by atomic mass is 79.9. The summed E-state index contributed by atoms with van der Waals surface area (Å²) in [7, 11) is 1.55. The molecule has 2 heterocycles. The molecule has 5 rings (SSSR count). The Hall–Kier alpha value is -3.89. The second kappa shape index (κ2) is 11.2. The van der Waals surface area contributed by atoms with Crippen LogP contribution in [0.3, 0.4) is 0 Å². The Morgan fingerprint density at radius 1 is 1.11 bits per heavy atom. The Bertz CT molecular complexity index is 1510. The van der Waals surface area contributed by atoms with Gasteiger partial charge >= 0.3 is 5.97 Å². The van der Waals surface area contributed by atoms with E-state index in [0.29, 0.717) is 43.8 Å². The molecule has 0 spiro atoms. The number of halogens is 2. The molecule has 1 N–H and O–H groups in total. The number of hydrogen-bond acceptors (Lipinski definition) is 8. The Morgan fingerprint density at radius 3 is 2.63 bits per heavy atom. The number of esters is 1. The Kier molecular flexibility index (Phi) is 7.62. The van der Waals surface area contributed by atoms with Gasteiger partial charge in [-0.1, -0.05) is 65.2 Å². The van der Waals surface area contributed by atoms with Crippen LogP contribution in [0, 0.1) is 0 Å². The van der Waals surface area contributed by atoms with Crippen LogP contribution < -0.4 is 14.8 Å². The third kappa shape index (κ3) is 5.23. The maximum atomic E-state index is 13.4. The lowest BCUT2D eigenvalue weighted by molar-refractivity contribution is -0.140. The monoisotopic (exact) mass is 595 g/mol. The first-order valence-corrected chi connectivity index (χ1v) is 12.8. The van der Waals surface area contributed by atoms with Gasteiger partial charge in [0.1, 0.15) is 19.3 Å². The third-order valence-electron chi connectivity index (χ3n) is 6.04. The topological polar surface area (TPSA) is 100 Å². The molecule has 1 unspecified atom stereocenters. The van der Waals surface area contributed by atoms with Crippen molar-refractivity contribution in [3.63, 3.8) is 0 Å². The minimum absolute atomic E-state index is 0.132. The van der Waals surface area contributed by atoms with Gasteiger partial charge in [0, 0.05) is 16.3 Å². The number of nitrogens with zero attached hydrogens (tertiary/aromatic N) is 4. The molecule has 0 saturated heterocycles. The first-order chi connectivity index (χ1) is 18.5. The van der Waals surface area contributed by atoms with Crippen molar-refractivity contribution in [2.75, 3.05) is 12.4 Å². The van der Waals surface area contributed by atoms with Crippen LogP contribution in [0.4, 0.5) is 5.95 Å². The molecule has 0 radical (unpaired) electrons. The van der Waals surface area contributed by atoms with E-state index in [4.69, 9.17) is 25.8 Å². The largest absolute Gasteiger partial charge is 0.493 e. The van der Waals surface area contributed by atoms with Gasteiger partial charge in [-0.05, 0) is 62.6 Å². The molecule has 11 heteroatoms. The molecule has 0 aliphatic carbocycles. The van der Waals surface area contributed by atoms with Gasteiger partial charge in [-0.3, -0.25) is 0 Å². The van der Waals surface area contributed by atoms with E-state index in [2.05, 4.69) is 36.8 Å². The fourth-order valence-corrected chi connectivity index (χ4v) is 4.95. The SMILES string of the molecule is COc1cc(C2C(C(=O)OCc3ccccc3)=C(C)Nc3nnnn32)cc(Br)c1OCc1ccccc1Cl. The molecule has 4 aromatic rings. The van der Waals surface area contributed by atoms with Gasteiger partial charge in [-0.2, -0.15) is 4.68 Å². The van der Waals surface area contributed by atoms with Gasteiger partial charge in [0.25, 0.3) is 0 Å². The van der Waals surface area contributed by atoms with Gasteiger partial charge < -0.3 is 19.5 Å². The number of carbonyl (C=O) groups excluding carboxylic acids is 1. The normalized spacial score (nSPS) is 14.5. The zero-order valence-electron chi connectivity index (χ0n) is 20.5. The van der Waals surface area contributed by atoms with E-state index in [1.165, 1.54) is 4.68 Å². The summed E-state index contributed by atoms with van der Waals surface area (Å²) in [5.41, 5.74) is 3.38. The number of hydrogen-bond donors (Lipinski definition) is 1. The van der Waals surface area contributed by atoms with Gasteiger partial charge in [0.2, 0.25) is 5.95 Å². The highest BCUT2D eigenvalue weighted by molar-refractivity contribution is 9.10. The van der Waals surface area contributed by atoms with E-state index < -0.39 is 12.0 Å². The summed E-state index contributed by atoms with van der Waals surface area (Å²) in [6.45, 7) is 2.17. The lowest BCUT2D eigenvalue weighted by atomic mass is 9.95. The quantitative estimate of drug-likeness (QED) is 0.258. The molecule has 1 atom stereocenters. The van der Waals surface area contributed by atoms with Crippen molar-refractivity contribution in [3.8, 4) is 11.5 Å². The molecule has 1 aliphatic rings. The Labute approximate surface area is 232 Å². The summed E-state index contributed by atoms with van der Waals surface area (Å²) >= 11 is 9.91. The molecular weight excluding hydrogens is 574 g/mol. The molecule has 0 bridgehead atoms. The number of rotatable bonds is 8. The molecular formula is C27H23BrClN5O4. The minimum atomic E-state index is -0.674. The third-order valence-corrected chi connectivity index (χ3v) is 7.00. The van der Waals surface area contributed by atoms with Crippen LogP contribution in [-0.4, -0.2) is 33.3 Å². The van der Waals surface area contributed by atoms with Crippen molar-refractivity contribution in [2.45, 2.75) is 26.2 Å². The van der Waals surface area contributed by atoms with E-state index in [0.717, 1.165) is 11.1 Å². The zero-order chi connectivity index (χ0) is 26.6. The number of benzene rings is 3. The van der Waals surface area contributed by atoms with Crippen LogP contribution >= 0.6 is 27.5 Å². The molecule has 38 heavy (non-hydrogen) atoms. The first-order valence-electron chi connectivity index (χ1n) is 11.7. The van der Waals surface area contributed by atoms with E-state index in [9.17, 15) is 4.79 Å². The van der Waals surface area contributed by atoms with Crippen molar-refractivity contribution >= 4 is 39.4 Å². The van der Waals surface area contributed by atoms with Crippen molar-refractivity contribution < 1.29 is 19.0 Å². The number of allylic oxidation sites excluding steroid dienone is 1. The number of tetrazole rings is 1. The Morgan fingerprint density at radius 2 is 1.87 bits per heavy atom. The second-order valence-corrected chi connectivity index (χ2v) is 9.75. The summed E-state index contributed by atoms with van der Waals surface area (Å²) < 4.78 is 19.6. The number of carbonyl (C=O) groups is 1. The summed E-state index contributed by atoms with van der Waals surface area (Å²) in [5.74, 6) is 0.876. The van der Waals surface area contributed by atoms with Gasteiger partial charge in [0.15, 0.2) is 11.5 Å². The maximum absolute atomic E-state index is 13.4. The fourth-order valence-electron chi connectivity index (χ4n) is 4.19. The highest BCUT2D eigenvalue weighted by Crippen LogP contribution is 2.43. The van der Waals surface area contributed by atoms with Crippen LogP contribution in [0.5, 0.6) is 11.5 Å². The highest BCUT2D eigenvalue weighted by Gasteiger charge is 2.36. The second-order valence-electron chi connectivity index (χ2n) is 8.49. The molecule has 9 nitrogen and oxygen atoms in total. The number of aromatic nitrogens is 4. The van der Waals surface area contributed by atoms with Crippen molar-refractivity contribution in [1.82, 2.24) is 20.2 Å². The summed E-state index contributed by atoms with van der Waals surface area (Å²) in [5, 5.41) is 15.7. The van der Waals surface area contributed by atoms with Gasteiger partial charge in [0.05, 0.1) is 17.2 Å². The average molecular weight is 597 g/mol. The molecule has 0 saturated carbocycles. The molecule has 3 aromatic carbocycles. The zero-order valence-corrected chi connectivity index (χ0v) is 22.9. The average Bonchev–Trinajstić information content (AvgIpc) is 3.39. The lowest BCUT2D eigenvalue weighted by Gasteiger charge is -2.28. The van der Waals surface area contributed by atoms with Crippen molar-refractivity contribution in [2.24, 2.45) is 0 Å². The lowest BCUT2D eigenvalue weighted by Crippen LogP contribution is -2.29. The summed E-state index contributed by atoms with van der Waals surface area (Å²) in [6, 6.07) is 19.9. The molecule has 1 aliphatic heterocycles. The summed E-state index contributed by atoms with van der Waals surface area (Å²) in [4.78, 5) is 13.4. The smallest absolute Gasteiger partial charge is 0.338 e. The van der Waals surface area contributed by atoms with Crippen LogP contribution in [-0.2, 0) is 22.7 Å². The maximum Gasteiger partial charge on any atom is 0.338 e. The van der Waals surface area contributed by atoms with Crippen LogP contribution in [0.1, 0.15) is 29.7 Å². The van der Waals surface area contributed by atoms with Gasteiger partial charge in [-0.25, -0.2) is 4.79 Å². The standard InChI is InChI=1S/C27H23BrClN5O4/c1-16-23(26(35)38-14-17-8-4-3-5-9-17)24(34-27(30-16)31-32-33-34)19-12-20(28)25(22(13-19)36-2)37-15-18-10-6-7-11-21(18)29/h3-13,24H,14-15H2,1-2H3,(H,30,31,33). The molecule has 194 valence electrons. The van der Waals surface area contributed by atoms with Crippen LogP contribution in [0.2, 0.25) is 5.02 Å². The van der Waals surface area contributed by atoms with Crippen LogP contribution in [0.25, 0.3) is 0 Å². The van der Waals surface area contributed by atoms with E-state index in [1.54, 1.807) is 20.1 Å². The fraction of sp³-hybridized carbons (Fsp3) is 0.185. The summed E-state index contributed by atoms with van der Waals surface area (Å²) in [6.07, 6.45) is 0. The number of ether oxygens (including phenoxy) is 3. The molecule has 0 fully saturated rings. The molecule has 0 amide bonds.